The first-order valence-corrected chi connectivity index (χ1v) is 12.2. The molecule has 0 aliphatic rings. The molecule has 6 aromatic rings. The summed E-state index contributed by atoms with van der Waals surface area (Å²) in [7, 11) is 0. The van der Waals surface area contributed by atoms with Crippen molar-refractivity contribution in [3.8, 4) is 44.5 Å². The van der Waals surface area contributed by atoms with Gasteiger partial charge in [0.15, 0.2) is 0 Å². The van der Waals surface area contributed by atoms with E-state index in [4.69, 9.17) is 11.6 Å². The molecule has 0 nitrogen and oxygen atoms in total. The largest absolute Gasteiger partial charge is 0.0843 e. The van der Waals surface area contributed by atoms with Crippen LogP contribution in [-0.2, 0) is 0 Å². The number of benzene rings is 6. The summed E-state index contributed by atoms with van der Waals surface area (Å²) in [5.74, 6) is 0. The molecule has 0 atom stereocenters. The molecule has 166 valence electrons. The van der Waals surface area contributed by atoms with E-state index in [1.165, 1.54) is 49.7 Å². The van der Waals surface area contributed by atoms with E-state index in [1.54, 1.807) is 0 Å². The van der Waals surface area contributed by atoms with Crippen molar-refractivity contribution in [2.75, 3.05) is 0 Å². The maximum Gasteiger partial charge on any atom is 0.0406 e. The van der Waals surface area contributed by atoms with Crippen LogP contribution in [0.1, 0.15) is 0 Å². The van der Waals surface area contributed by atoms with E-state index in [2.05, 4.69) is 127 Å². The van der Waals surface area contributed by atoms with Gasteiger partial charge in [-0.3, -0.25) is 0 Å². The Balaban J connectivity index is 1.79. The van der Waals surface area contributed by atoms with Crippen LogP contribution in [0.5, 0.6) is 0 Å². The van der Waals surface area contributed by atoms with Gasteiger partial charge in [-0.25, -0.2) is 0 Å². The summed E-state index contributed by atoms with van der Waals surface area (Å²) >= 11 is 6.26. The lowest BCUT2D eigenvalue weighted by Gasteiger charge is -2.20. The van der Waals surface area contributed by atoms with Crippen molar-refractivity contribution in [1.82, 2.24) is 0 Å². The summed E-state index contributed by atoms with van der Waals surface area (Å²) in [6, 6.07) is 49.3. The molecule has 0 saturated heterocycles. The van der Waals surface area contributed by atoms with E-state index in [0.717, 1.165) is 10.6 Å². The van der Waals surface area contributed by atoms with Gasteiger partial charge in [0.25, 0.3) is 0 Å². The van der Waals surface area contributed by atoms with Crippen molar-refractivity contribution in [3.05, 3.63) is 145 Å². The molecule has 0 N–H and O–H groups in total. The van der Waals surface area contributed by atoms with E-state index in [1.807, 2.05) is 12.1 Å². The van der Waals surface area contributed by atoms with Crippen LogP contribution < -0.4 is 0 Å². The van der Waals surface area contributed by atoms with Gasteiger partial charge in [-0.2, -0.15) is 0 Å². The first kappa shape index (κ1) is 21.4. The van der Waals surface area contributed by atoms with Crippen molar-refractivity contribution in [2.24, 2.45) is 0 Å². The average Bonchev–Trinajstić information content (AvgIpc) is 2.94. The smallest absolute Gasteiger partial charge is 0.0406 e. The summed E-state index contributed by atoms with van der Waals surface area (Å²) in [6.07, 6.45) is 0. The van der Waals surface area contributed by atoms with Crippen LogP contribution in [-0.4, -0.2) is 0 Å². The number of rotatable bonds is 4. The average molecular weight is 467 g/mol. The summed E-state index contributed by atoms with van der Waals surface area (Å²) in [6.45, 7) is 0. The third-order valence-electron chi connectivity index (χ3n) is 6.57. The molecule has 35 heavy (non-hydrogen) atoms. The molecular weight excluding hydrogens is 444 g/mol. The van der Waals surface area contributed by atoms with Crippen LogP contribution >= 0.6 is 11.6 Å². The van der Waals surface area contributed by atoms with Crippen LogP contribution in [0.3, 0.4) is 0 Å². The number of fused-ring (bicyclic) bond motifs is 1. The zero-order valence-corrected chi connectivity index (χ0v) is 19.9. The summed E-state index contributed by atoms with van der Waals surface area (Å²) < 4.78 is 0. The predicted octanol–water partition coefficient (Wildman–Crippen LogP) is 10.2. The molecular formula is C34H23Cl. The predicted molar refractivity (Wildman–Crippen MR) is 151 cm³/mol. The molecule has 0 saturated carbocycles. The van der Waals surface area contributed by atoms with E-state index >= 15 is 0 Å². The van der Waals surface area contributed by atoms with Gasteiger partial charge in [0.1, 0.15) is 0 Å². The third kappa shape index (κ3) is 4.03. The van der Waals surface area contributed by atoms with Crippen molar-refractivity contribution < 1.29 is 0 Å². The van der Waals surface area contributed by atoms with Crippen LogP contribution in [0.2, 0.25) is 5.02 Å². The van der Waals surface area contributed by atoms with E-state index in [-0.39, 0.29) is 0 Å². The molecule has 0 bridgehead atoms. The van der Waals surface area contributed by atoms with E-state index in [0.29, 0.717) is 0 Å². The van der Waals surface area contributed by atoms with Crippen LogP contribution in [0.15, 0.2) is 140 Å². The van der Waals surface area contributed by atoms with Crippen molar-refractivity contribution in [1.29, 1.82) is 0 Å². The van der Waals surface area contributed by atoms with Gasteiger partial charge in [-0.05, 0) is 67.4 Å². The van der Waals surface area contributed by atoms with Gasteiger partial charge in [0, 0.05) is 5.02 Å². The van der Waals surface area contributed by atoms with Gasteiger partial charge in [0.05, 0.1) is 0 Å². The fourth-order valence-electron chi connectivity index (χ4n) is 4.94. The second-order valence-corrected chi connectivity index (χ2v) is 9.11. The summed E-state index contributed by atoms with van der Waals surface area (Å²) in [5, 5.41) is 3.25. The Bertz CT molecular complexity index is 1560. The molecule has 0 unspecified atom stereocenters. The Morgan fingerprint density at radius 3 is 0.886 bits per heavy atom. The molecule has 0 spiro atoms. The summed E-state index contributed by atoms with van der Waals surface area (Å²) in [4.78, 5) is 0. The zero-order chi connectivity index (χ0) is 23.6. The van der Waals surface area contributed by atoms with Gasteiger partial charge >= 0.3 is 0 Å². The SMILES string of the molecule is Clc1ccc(-c2ccc(-c3ccccc3)c3c(-c4ccccc4)ccc(-c4ccccc4)c23)cc1. The maximum atomic E-state index is 6.26. The Kier molecular flexibility index (Phi) is 5.66. The van der Waals surface area contributed by atoms with Gasteiger partial charge in [-0.1, -0.05) is 139 Å². The lowest BCUT2D eigenvalue weighted by Crippen LogP contribution is -1.93. The van der Waals surface area contributed by atoms with Crippen molar-refractivity contribution >= 4 is 22.4 Å². The monoisotopic (exact) mass is 466 g/mol. The van der Waals surface area contributed by atoms with Crippen molar-refractivity contribution in [3.63, 3.8) is 0 Å². The van der Waals surface area contributed by atoms with Gasteiger partial charge in [-0.15, -0.1) is 0 Å². The van der Waals surface area contributed by atoms with E-state index < -0.39 is 0 Å². The minimum Gasteiger partial charge on any atom is -0.0843 e. The molecule has 0 fully saturated rings. The Morgan fingerprint density at radius 1 is 0.286 bits per heavy atom. The molecule has 0 heterocycles. The minimum atomic E-state index is 0.743. The Hall–Kier alpha value is -4.13. The Labute approximate surface area is 211 Å². The number of halogens is 1. The quantitative estimate of drug-likeness (QED) is 0.242. The normalized spacial score (nSPS) is 11.0. The highest BCUT2D eigenvalue weighted by Crippen LogP contribution is 2.45. The molecule has 0 radical (unpaired) electrons. The van der Waals surface area contributed by atoms with Crippen LogP contribution in [0, 0.1) is 0 Å². The second kappa shape index (κ2) is 9.25. The fourth-order valence-corrected chi connectivity index (χ4v) is 5.07. The van der Waals surface area contributed by atoms with Crippen molar-refractivity contribution in [2.45, 2.75) is 0 Å². The van der Waals surface area contributed by atoms with Gasteiger partial charge in [0.2, 0.25) is 0 Å². The molecule has 0 aliphatic carbocycles. The highest BCUT2D eigenvalue weighted by atomic mass is 35.5. The fraction of sp³-hybridized carbons (Fsp3) is 0. The Morgan fingerprint density at radius 2 is 0.571 bits per heavy atom. The molecule has 6 aromatic carbocycles. The standard InChI is InChI=1S/C34H23Cl/c35-28-18-16-27(17-19-28)32-23-22-30(25-12-6-2-7-13-25)33-29(24-10-4-1-5-11-24)20-21-31(34(32)33)26-14-8-3-9-15-26/h1-23H. The van der Waals surface area contributed by atoms with Gasteiger partial charge < -0.3 is 0 Å². The number of hydrogen-bond donors (Lipinski definition) is 0. The highest BCUT2D eigenvalue weighted by Gasteiger charge is 2.18. The topological polar surface area (TPSA) is 0 Å². The lowest BCUT2D eigenvalue weighted by atomic mass is 9.84. The molecule has 0 aliphatic heterocycles. The molecule has 0 amide bonds. The van der Waals surface area contributed by atoms with Crippen LogP contribution in [0.25, 0.3) is 55.3 Å². The molecule has 0 aromatic heterocycles. The lowest BCUT2D eigenvalue weighted by molar-refractivity contribution is 1.59. The molecule has 6 rings (SSSR count). The first-order valence-electron chi connectivity index (χ1n) is 11.8. The minimum absolute atomic E-state index is 0.743. The number of hydrogen-bond acceptors (Lipinski definition) is 0. The highest BCUT2D eigenvalue weighted by molar-refractivity contribution is 6.30. The maximum absolute atomic E-state index is 6.26. The zero-order valence-electron chi connectivity index (χ0n) is 19.2. The van der Waals surface area contributed by atoms with Crippen LogP contribution in [0.4, 0.5) is 0 Å². The third-order valence-corrected chi connectivity index (χ3v) is 6.82. The van der Waals surface area contributed by atoms with E-state index in [9.17, 15) is 0 Å². The molecule has 1 heteroatoms. The first-order chi connectivity index (χ1) is 17.3. The second-order valence-electron chi connectivity index (χ2n) is 8.68. The summed E-state index contributed by atoms with van der Waals surface area (Å²) in [5.41, 5.74) is 9.67.